The number of aryl methyl sites for hydroxylation is 1. The summed E-state index contributed by atoms with van der Waals surface area (Å²) < 4.78 is 0. The molecule has 0 radical (unpaired) electrons. The molecule has 0 spiro atoms. The zero-order chi connectivity index (χ0) is 20.8. The summed E-state index contributed by atoms with van der Waals surface area (Å²) in [4.78, 5) is 27.8. The first-order valence-corrected chi connectivity index (χ1v) is 9.78. The Balaban J connectivity index is 2.26. The monoisotopic (exact) mass is 398 g/mol. The molecule has 0 aliphatic rings. The van der Waals surface area contributed by atoms with Gasteiger partial charge in [0, 0.05) is 17.8 Å². The fraction of sp³-hybridized carbons (Fsp3) is 0.350. The summed E-state index contributed by atoms with van der Waals surface area (Å²) in [6, 6.07) is 10.0. The topological polar surface area (TPSA) is 109 Å². The second-order valence-electron chi connectivity index (χ2n) is 6.62. The fourth-order valence-corrected chi connectivity index (χ4v) is 3.48. The highest BCUT2D eigenvalue weighted by Crippen LogP contribution is 2.30. The quantitative estimate of drug-likeness (QED) is 0.407. The largest absolute Gasteiger partial charge is 0.325 e. The summed E-state index contributed by atoms with van der Waals surface area (Å²) in [6.45, 7) is 7.67. The number of nitrogens with one attached hydrogen (secondary N) is 1. The van der Waals surface area contributed by atoms with E-state index in [1.165, 1.54) is 23.9 Å². The van der Waals surface area contributed by atoms with Gasteiger partial charge in [0.2, 0.25) is 5.91 Å². The predicted octanol–water partition coefficient (Wildman–Crippen LogP) is 4.80. The van der Waals surface area contributed by atoms with Crippen molar-refractivity contribution in [3.8, 4) is 6.07 Å². The molecule has 0 aliphatic carbocycles. The van der Waals surface area contributed by atoms with Crippen LogP contribution in [0.4, 0.5) is 11.4 Å². The van der Waals surface area contributed by atoms with Crippen molar-refractivity contribution in [3.63, 3.8) is 0 Å². The smallest absolute Gasteiger partial charge is 0.271 e. The number of non-ortho nitro benzene ring substituents is 1. The molecule has 1 heterocycles. The van der Waals surface area contributed by atoms with Crippen molar-refractivity contribution in [2.45, 2.75) is 50.3 Å². The first-order valence-electron chi connectivity index (χ1n) is 8.90. The molecule has 1 N–H and O–H groups in total. The molecule has 1 unspecified atom stereocenters. The highest BCUT2D eigenvalue weighted by Gasteiger charge is 2.22. The number of aromatic nitrogens is 1. The van der Waals surface area contributed by atoms with Gasteiger partial charge in [-0.1, -0.05) is 38.6 Å². The molecule has 2 rings (SSSR count). The van der Waals surface area contributed by atoms with Gasteiger partial charge in [0.1, 0.15) is 11.1 Å². The van der Waals surface area contributed by atoms with Crippen molar-refractivity contribution in [1.82, 2.24) is 4.98 Å². The second-order valence-corrected chi connectivity index (χ2v) is 7.81. The molecular formula is C20H22N4O3S. The lowest BCUT2D eigenvalue weighted by Gasteiger charge is -2.17. The number of nitriles is 1. The lowest BCUT2D eigenvalue weighted by molar-refractivity contribution is -0.384. The maximum atomic E-state index is 12.8. The molecule has 1 atom stereocenters. The van der Waals surface area contributed by atoms with Crippen LogP contribution in [0, 0.1) is 28.4 Å². The number of amides is 1. The Bertz CT molecular complexity index is 938. The van der Waals surface area contributed by atoms with Crippen LogP contribution in [0.1, 0.15) is 49.9 Å². The minimum Gasteiger partial charge on any atom is -0.325 e. The van der Waals surface area contributed by atoms with Gasteiger partial charge in [0.15, 0.2) is 0 Å². The second kappa shape index (κ2) is 9.33. The molecule has 0 saturated carbocycles. The summed E-state index contributed by atoms with van der Waals surface area (Å²) in [5, 5.41) is 23.2. The molecule has 8 heteroatoms. The highest BCUT2D eigenvalue weighted by atomic mass is 32.2. The number of benzene rings is 1. The number of rotatable bonds is 7. The Labute approximate surface area is 168 Å². The van der Waals surface area contributed by atoms with E-state index in [1.54, 1.807) is 19.1 Å². The van der Waals surface area contributed by atoms with Crippen molar-refractivity contribution in [1.29, 1.82) is 5.26 Å². The van der Waals surface area contributed by atoms with Gasteiger partial charge in [0.05, 0.1) is 21.4 Å². The molecule has 146 valence electrons. The normalized spacial score (nSPS) is 11.7. The van der Waals surface area contributed by atoms with E-state index >= 15 is 0 Å². The van der Waals surface area contributed by atoms with Gasteiger partial charge in [0.25, 0.3) is 5.69 Å². The molecule has 0 fully saturated rings. The first-order chi connectivity index (χ1) is 13.3. The van der Waals surface area contributed by atoms with Gasteiger partial charge in [-0.25, -0.2) is 4.98 Å². The van der Waals surface area contributed by atoms with E-state index in [0.29, 0.717) is 22.7 Å². The summed E-state index contributed by atoms with van der Waals surface area (Å²) in [7, 11) is 0. The molecule has 0 saturated heterocycles. The van der Waals surface area contributed by atoms with Crippen LogP contribution in [0.25, 0.3) is 0 Å². The van der Waals surface area contributed by atoms with Gasteiger partial charge in [-0.3, -0.25) is 14.9 Å². The number of anilines is 1. The zero-order valence-electron chi connectivity index (χ0n) is 16.2. The van der Waals surface area contributed by atoms with Crippen molar-refractivity contribution >= 4 is 29.0 Å². The number of hydrogen-bond acceptors (Lipinski definition) is 6. The number of nitro groups is 1. The van der Waals surface area contributed by atoms with E-state index in [2.05, 4.69) is 16.4 Å². The van der Waals surface area contributed by atoms with Gasteiger partial charge < -0.3 is 5.32 Å². The minimum atomic E-state index is -0.498. The van der Waals surface area contributed by atoms with Crippen LogP contribution in [0.3, 0.4) is 0 Å². The molecule has 7 nitrogen and oxygen atoms in total. The first kappa shape index (κ1) is 21.4. The van der Waals surface area contributed by atoms with Crippen LogP contribution >= 0.6 is 11.8 Å². The minimum absolute atomic E-state index is 0.0836. The predicted molar refractivity (Wildman–Crippen MR) is 109 cm³/mol. The van der Waals surface area contributed by atoms with Crippen LogP contribution in [0.15, 0.2) is 35.4 Å². The number of carbonyl (C=O) groups excluding carboxylic acids is 1. The lowest BCUT2D eigenvalue weighted by atomic mass is 10.1. The van der Waals surface area contributed by atoms with Gasteiger partial charge >= 0.3 is 0 Å². The van der Waals surface area contributed by atoms with E-state index in [4.69, 9.17) is 0 Å². The Kier molecular flexibility index (Phi) is 7.12. The van der Waals surface area contributed by atoms with E-state index in [0.717, 1.165) is 11.3 Å². The number of pyridine rings is 1. The molecule has 0 aliphatic heterocycles. The van der Waals surface area contributed by atoms with Gasteiger partial charge in [-0.2, -0.15) is 5.26 Å². The van der Waals surface area contributed by atoms with E-state index < -0.39 is 10.2 Å². The SMILES string of the molecule is CCC(Sc1nc(C(C)C)ccc1C#N)C(=O)Nc1cc([N+](=O)[O-])ccc1C. The van der Waals surface area contributed by atoms with E-state index in [9.17, 15) is 20.2 Å². The third-order valence-electron chi connectivity index (χ3n) is 4.20. The Hall–Kier alpha value is -2.92. The van der Waals surface area contributed by atoms with Crippen molar-refractivity contribution in [2.24, 2.45) is 0 Å². The van der Waals surface area contributed by atoms with Gasteiger partial charge in [-0.15, -0.1) is 0 Å². The average molecular weight is 398 g/mol. The summed E-state index contributed by atoms with van der Waals surface area (Å²) in [5.41, 5.74) is 2.33. The lowest BCUT2D eigenvalue weighted by Crippen LogP contribution is -2.25. The number of nitrogens with zero attached hydrogens (tertiary/aromatic N) is 3. The molecule has 2 aromatic rings. The van der Waals surface area contributed by atoms with Crippen molar-refractivity contribution in [3.05, 3.63) is 57.3 Å². The Morgan fingerprint density at radius 1 is 1.36 bits per heavy atom. The summed E-state index contributed by atoms with van der Waals surface area (Å²) >= 11 is 1.24. The highest BCUT2D eigenvalue weighted by molar-refractivity contribution is 8.00. The van der Waals surface area contributed by atoms with Crippen LogP contribution in [0.5, 0.6) is 0 Å². The molecular weight excluding hydrogens is 376 g/mol. The maximum Gasteiger partial charge on any atom is 0.271 e. The summed E-state index contributed by atoms with van der Waals surface area (Å²) in [5.74, 6) is -0.0785. The van der Waals surface area contributed by atoms with Crippen LogP contribution in [0.2, 0.25) is 0 Å². The number of hydrogen-bond donors (Lipinski definition) is 1. The molecule has 1 aromatic carbocycles. The maximum absolute atomic E-state index is 12.8. The number of thioether (sulfide) groups is 1. The number of nitro benzene ring substituents is 1. The molecule has 1 amide bonds. The third-order valence-corrected chi connectivity index (χ3v) is 5.57. The van der Waals surface area contributed by atoms with E-state index in [1.807, 2.05) is 26.8 Å². The van der Waals surface area contributed by atoms with Crippen molar-refractivity contribution in [2.75, 3.05) is 5.32 Å². The molecule has 28 heavy (non-hydrogen) atoms. The van der Waals surface area contributed by atoms with Crippen LogP contribution in [-0.4, -0.2) is 21.1 Å². The Morgan fingerprint density at radius 3 is 2.64 bits per heavy atom. The molecule has 1 aromatic heterocycles. The van der Waals surface area contributed by atoms with E-state index in [-0.39, 0.29) is 17.5 Å². The number of carbonyl (C=O) groups is 1. The average Bonchev–Trinajstić information content (AvgIpc) is 2.67. The van der Waals surface area contributed by atoms with Crippen molar-refractivity contribution < 1.29 is 9.72 Å². The Morgan fingerprint density at radius 2 is 2.07 bits per heavy atom. The molecule has 0 bridgehead atoms. The van der Waals surface area contributed by atoms with Gasteiger partial charge in [-0.05, 0) is 37.0 Å². The fourth-order valence-electron chi connectivity index (χ4n) is 2.48. The zero-order valence-corrected chi connectivity index (χ0v) is 17.0. The standard InChI is InChI=1S/C20H22N4O3S/c1-5-18(28-20-14(11-21)7-9-16(23-20)12(2)3)19(25)22-17-10-15(24(26)27)8-6-13(17)4/h6-10,12,18H,5H2,1-4H3,(H,22,25). The van der Waals surface area contributed by atoms with Crippen LogP contribution < -0.4 is 5.32 Å². The van der Waals surface area contributed by atoms with Crippen LogP contribution in [-0.2, 0) is 4.79 Å². The summed E-state index contributed by atoms with van der Waals surface area (Å²) in [6.07, 6.45) is 0.517. The third kappa shape index (κ3) is 5.08.